The highest BCUT2D eigenvalue weighted by Crippen LogP contribution is 2.19. The fourth-order valence-electron chi connectivity index (χ4n) is 2.86. The van der Waals surface area contributed by atoms with Gasteiger partial charge in [0.05, 0.1) is 12.0 Å². The lowest BCUT2D eigenvalue weighted by Gasteiger charge is -2.36. The Morgan fingerprint density at radius 1 is 1.16 bits per heavy atom. The topological polar surface area (TPSA) is 48.7 Å². The number of furan rings is 1. The first-order valence-electron chi connectivity index (χ1n) is 8.43. The molecule has 6 heteroatoms. The number of anilines is 1. The molecule has 1 saturated heterocycles. The van der Waals surface area contributed by atoms with Crippen molar-refractivity contribution in [1.29, 1.82) is 0 Å². The fourth-order valence-corrected chi connectivity index (χ4v) is 2.86. The number of rotatable bonds is 6. The van der Waals surface area contributed by atoms with Crippen molar-refractivity contribution in [3.63, 3.8) is 0 Å². The van der Waals surface area contributed by atoms with Gasteiger partial charge in [-0.3, -0.25) is 9.69 Å². The van der Waals surface area contributed by atoms with E-state index in [-0.39, 0.29) is 11.7 Å². The summed E-state index contributed by atoms with van der Waals surface area (Å²) in [4.78, 5) is 16.1. The Kier molecular flexibility index (Phi) is 5.85. The lowest BCUT2D eigenvalue weighted by molar-refractivity contribution is -0.116. The van der Waals surface area contributed by atoms with Crippen LogP contribution in [0.25, 0.3) is 6.08 Å². The molecule has 1 N–H and O–H groups in total. The Bertz CT molecular complexity index is 707. The van der Waals surface area contributed by atoms with Crippen LogP contribution in [0.3, 0.4) is 0 Å². The number of benzene rings is 1. The van der Waals surface area contributed by atoms with Gasteiger partial charge < -0.3 is 14.6 Å². The second kappa shape index (κ2) is 8.48. The molecule has 1 aliphatic rings. The number of carbonyl (C=O) groups is 1. The number of halogens is 1. The normalized spacial score (nSPS) is 15.6. The molecule has 2 aromatic rings. The molecule has 132 valence electrons. The molecule has 5 nitrogen and oxygen atoms in total. The highest BCUT2D eigenvalue weighted by atomic mass is 19.1. The van der Waals surface area contributed by atoms with Gasteiger partial charge in [-0.2, -0.15) is 0 Å². The molecule has 1 aromatic carbocycles. The molecule has 25 heavy (non-hydrogen) atoms. The molecular weight excluding hydrogens is 321 g/mol. The minimum atomic E-state index is -0.174. The average molecular weight is 343 g/mol. The lowest BCUT2D eigenvalue weighted by atomic mass is 10.2. The summed E-state index contributed by atoms with van der Waals surface area (Å²) in [7, 11) is 0. The van der Waals surface area contributed by atoms with Gasteiger partial charge in [0.15, 0.2) is 0 Å². The van der Waals surface area contributed by atoms with Gasteiger partial charge in [-0.1, -0.05) is 12.1 Å². The monoisotopic (exact) mass is 343 g/mol. The molecule has 0 aliphatic carbocycles. The number of hydrogen-bond acceptors (Lipinski definition) is 4. The van der Waals surface area contributed by atoms with E-state index in [2.05, 4.69) is 15.1 Å². The van der Waals surface area contributed by atoms with Crippen molar-refractivity contribution < 1.29 is 13.6 Å². The van der Waals surface area contributed by atoms with Crippen LogP contribution < -0.4 is 10.2 Å². The number of nitrogens with zero attached hydrogens (tertiary/aromatic N) is 2. The zero-order valence-corrected chi connectivity index (χ0v) is 14.0. The summed E-state index contributed by atoms with van der Waals surface area (Å²) in [5.41, 5.74) is 0.665. The summed E-state index contributed by atoms with van der Waals surface area (Å²) in [6.45, 7) is 4.64. The molecular formula is C19H22FN3O2. The number of amides is 1. The second-order valence-corrected chi connectivity index (χ2v) is 5.92. The summed E-state index contributed by atoms with van der Waals surface area (Å²) in [5.74, 6) is 0.340. The van der Waals surface area contributed by atoms with Crippen LogP contribution in [0.5, 0.6) is 0 Å². The quantitative estimate of drug-likeness (QED) is 0.818. The Hall–Kier alpha value is -2.60. The molecule has 3 rings (SSSR count). The first kappa shape index (κ1) is 17.2. The molecule has 0 unspecified atom stereocenters. The van der Waals surface area contributed by atoms with Gasteiger partial charge in [0.25, 0.3) is 0 Å². The van der Waals surface area contributed by atoms with Gasteiger partial charge in [0, 0.05) is 45.3 Å². The zero-order chi connectivity index (χ0) is 17.5. The Morgan fingerprint density at radius 3 is 2.68 bits per heavy atom. The number of nitrogens with one attached hydrogen (secondary N) is 1. The third-order valence-corrected chi connectivity index (χ3v) is 4.23. The first-order valence-corrected chi connectivity index (χ1v) is 8.43. The third-order valence-electron chi connectivity index (χ3n) is 4.23. The van der Waals surface area contributed by atoms with E-state index in [0.29, 0.717) is 18.0 Å². The SMILES string of the molecule is O=C(/C=C/c1ccco1)NCCN1CCN(c2ccccc2F)CC1. The van der Waals surface area contributed by atoms with Gasteiger partial charge in [-0.15, -0.1) is 0 Å². The standard InChI is InChI=1S/C19H22FN3O2/c20-17-5-1-2-6-18(17)23-13-11-22(12-14-23)10-9-21-19(24)8-7-16-4-3-15-25-16/h1-8,15H,9-14H2,(H,21,24)/b8-7+. The van der Waals surface area contributed by atoms with E-state index in [9.17, 15) is 9.18 Å². The number of hydrogen-bond donors (Lipinski definition) is 1. The van der Waals surface area contributed by atoms with E-state index < -0.39 is 0 Å². The molecule has 0 radical (unpaired) electrons. The minimum absolute atomic E-state index is 0.138. The highest BCUT2D eigenvalue weighted by Gasteiger charge is 2.18. The van der Waals surface area contributed by atoms with Crippen LogP contribution in [0.1, 0.15) is 5.76 Å². The lowest BCUT2D eigenvalue weighted by Crippen LogP contribution is -2.48. The summed E-state index contributed by atoms with van der Waals surface area (Å²) in [5, 5.41) is 2.86. The second-order valence-electron chi connectivity index (χ2n) is 5.92. The van der Waals surface area contributed by atoms with E-state index in [1.807, 2.05) is 12.1 Å². The van der Waals surface area contributed by atoms with Crippen molar-refractivity contribution in [3.05, 3.63) is 60.3 Å². The molecule has 1 aliphatic heterocycles. The maximum Gasteiger partial charge on any atom is 0.244 e. The molecule has 1 amide bonds. The van der Waals surface area contributed by atoms with Gasteiger partial charge >= 0.3 is 0 Å². The molecule has 0 atom stereocenters. The van der Waals surface area contributed by atoms with E-state index >= 15 is 0 Å². The van der Waals surface area contributed by atoms with Crippen LogP contribution in [-0.4, -0.2) is 50.1 Å². The summed E-state index contributed by atoms with van der Waals surface area (Å²) in [6.07, 6.45) is 4.68. The summed E-state index contributed by atoms with van der Waals surface area (Å²) >= 11 is 0. The molecule has 2 heterocycles. The molecule has 0 spiro atoms. The van der Waals surface area contributed by atoms with Gasteiger partial charge in [0.2, 0.25) is 5.91 Å². The van der Waals surface area contributed by atoms with E-state index in [0.717, 1.165) is 32.7 Å². The molecule has 1 aromatic heterocycles. The van der Waals surface area contributed by atoms with Crippen molar-refractivity contribution in [1.82, 2.24) is 10.2 Å². The Balaban J connectivity index is 1.37. The number of para-hydroxylation sites is 1. The first-order chi connectivity index (χ1) is 12.2. The fraction of sp³-hybridized carbons (Fsp3) is 0.316. The largest absolute Gasteiger partial charge is 0.465 e. The van der Waals surface area contributed by atoms with Crippen LogP contribution in [0.4, 0.5) is 10.1 Å². The van der Waals surface area contributed by atoms with E-state index in [1.165, 1.54) is 12.1 Å². The maximum atomic E-state index is 13.8. The van der Waals surface area contributed by atoms with Crippen molar-refractivity contribution in [2.45, 2.75) is 0 Å². The van der Waals surface area contributed by atoms with E-state index in [4.69, 9.17) is 4.42 Å². The van der Waals surface area contributed by atoms with Gasteiger partial charge in [-0.25, -0.2) is 4.39 Å². The minimum Gasteiger partial charge on any atom is -0.465 e. The van der Waals surface area contributed by atoms with Crippen molar-refractivity contribution in [2.24, 2.45) is 0 Å². The summed E-state index contributed by atoms with van der Waals surface area (Å²) < 4.78 is 19.0. The van der Waals surface area contributed by atoms with Gasteiger partial charge in [0.1, 0.15) is 11.6 Å². The van der Waals surface area contributed by atoms with Crippen LogP contribution >= 0.6 is 0 Å². The number of carbonyl (C=O) groups excluding carboxylic acids is 1. The Morgan fingerprint density at radius 2 is 1.96 bits per heavy atom. The van der Waals surface area contributed by atoms with Gasteiger partial charge in [-0.05, 0) is 30.3 Å². The van der Waals surface area contributed by atoms with Crippen molar-refractivity contribution in [2.75, 3.05) is 44.2 Å². The number of piperazine rings is 1. The zero-order valence-electron chi connectivity index (χ0n) is 14.0. The van der Waals surface area contributed by atoms with Crippen LogP contribution in [0.2, 0.25) is 0 Å². The molecule has 0 saturated carbocycles. The average Bonchev–Trinajstić information content (AvgIpc) is 3.15. The maximum absolute atomic E-state index is 13.8. The van der Waals surface area contributed by atoms with Crippen molar-refractivity contribution in [3.8, 4) is 0 Å². The molecule has 0 bridgehead atoms. The highest BCUT2D eigenvalue weighted by molar-refractivity contribution is 5.91. The van der Waals surface area contributed by atoms with E-state index in [1.54, 1.807) is 30.5 Å². The van der Waals surface area contributed by atoms with Crippen molar-refractivity contribution >= 4 is 17.7 Å². The predicted octanol–water partition coefficient (Wildman–Crippen LogP) is 2.37. The predicted molar refractivity (Wildman–Crippen MR) is 95.8 cm³/mol. The summed E-state index contributed by atoms with van der Waals surface area (Å²) in [6, 6.07) is 10.4. The molecule has 1 fully saturated rings. The van der Waals surface area contributed by atoms with Crippen LogP contribution in [-0.2, 0) is 4.79 Å². The Labute approximate surface area is 146 Å². The third kappa shape index (κ3) is 4.93. The van der Waals surface area contributed by atoms with Crippen LogP contribution in [0.15, 0.2) is 53.2 Å². The smallest absolute Gasteiger partial charge is 0.244 e. The van der Waals surface area contributed by atoms with Crippen LogP contribution in [0, 0.1) is 5.82 Å².